The molecular formula is C20H24N2O4. The normalized spacial score (nSPS) is 10.1. The number of hydrogen-bond donors (Lipinski definition) is 2. The molecule has 0 bridgehead atoms. The lowest BCUT2D eigenvalue weighted by atomic mass is 10.1. The van der Waals surface area contributed by atoms with E-state index in [0.29, 0.717) is 13.0 Å². The van der Waals surface area contributed by atoms with Gasteiger partial charge in [0.1, 0.15) is 11.5 Å². The zero-order chi connectivity index (χ0) is 18.8. The predicted molar refractivity (Wildman–Crippen MR) is 98.9 cm³/mol. The van der Waals surface area contributed by atoms with E-state index in [2.05, 4.69) is 10.9 Å². The zero-order valence-corrected chi connectivity index (χ0v) is 15.1. The second-order valence-electron chi connectivity index (χ2n) is 5.66. The first-order valence-electron chi connectivity index (χ1n) is 8.53. The van der Waals surface area contributed by atoms with Gasteiger partial charge >= 0.3 is 0 Å². The van der Waals surface area contributed by atoms with Gasteiger partial charge in [-0.3, -0.25) is 20.4 Å². The molecule has 0 saturated carbocycles. The number of hydrazine groups is 1. The van der Waals surface area contributed by atoms with Crippen molar-refractivity contribution in [1.29, 1.82) is 0 Å². The quantitative estimate of drug-likeness (QED) is 0.712. The predicted octanol–water partition coefficient (Wildman–Crippen LogP) is 2.42. The Morgan fingerprint density at radius 2 is 1.65 bits per heavy atom. The van der Waals surface area contributed by atoms with E-state index in [-0.39, 0.29) is 24.7 Å². The number of carbonyl (C=O) groups excluding carboxylic acids is 2. The van der Waals surface area contributed by atoms with Gasteiger partial charge in [-0.25, -0.2) is 0 Å². The van der Waals surface area contributed by atoms with Gasteiger partial charge in [-0.2, -0.15) is 0 Å². The molecule has 0 spiro atoms. The molecule has 0 heterocycles. The third kappa shape index (κ3) is 6.12. The fraction of sp³-hybridized carbons (Fsp3) is 0.300. The number of methoxy groups -OCH3 is 1. The molecule has 0 radical (unpaired) electrons. The number of nitrogens with one attached hydrogen (secondary N) is 2. The molecule has 138 valence electrons. The lowest BCUT2D eigenvalue weighted by molar-refractivity contribution is -0.128. The van der Waals surface area contributed by atoms with Crippen LogP contribution in [0.25, 0.3) is 0 Å². The summed E-state index contributed by atoms with van der Waals surface area (Å²) in [5.41, 5.74) is 6.68. The van der Waals surface area contributed by atoms with Crippen molar-refractivity contribution in [2.24, 2.45) is 0 Å². The van der Waals surface area contributed by atoms with Gasteiger partial charge in [0, 0.05) is 6.42 Å². The molecule has 2 aromatic rings. The molecule has 6 nitrogen and oxygen atoms in total. The fourth-order valence-corrected chi connectivity index (χ4v) is 2.43. The van der Waals surface area contributed by atoms with Crippen molar-refractivity contribution in [3.05, 3.63) is 59.7 Å². The van der Waals surface area contributed by atoms with E-state index >= 15 is 0 Å². The summed E-state index contributed by atoms with van der Waals surface area (Å²) in [5, 5.41) is 0. The smallest absolute Gasteiger partial charge is 0.242 e. The van der Waals surface area contributed by atoms with Gasteiger partial charge in [0.25, 0.3) is 0 Å². The number of aryl methyl sites for hydroxylation is 1. The van der Waals surface area contributed by atoms with Crippen LogP contribution in [0.2, 0.25) is 0 Å². The first kappa shape index (κ1) is 19.3. The van der Waals surface area contributed by atoms with Crippen molar-refractivity contribution in [1.82, 2.24) is 10.9 Å². The van der Waals surface area contributed by atoms with E-state index in [1.165, 1.54) is 0 Å². The molecule has 0 aliphatic heterocycles. The lowest BCUT2D eigenvalue weighted by Gasteiger charge is -2.10. The summed E-state index contributed by atoms with van der Waals surface area (Å²) >= 11 is 0. The van der Waals surface area contributed by atoms with Crippen LogP contribution in [0, 0.1) is 0 Å². The molecule has 6 heteroatoms. The Bertz CT molecular complexity index is 729. The maximum absolute atomic E-state index is 11.9. The Kier molecular flexibility index (Phi) is 7.49. The monoisotopic (exact) mass is 356 g/mol. The van der Waals surface area contributed by atoms with Gasteiger partial charge in [-0.05, 0) is 42.7 Å². The van der Waals surface area contributed by atoms with Gasteiger partial charge in [0.05, 0.1) is 20.1 Å². The summed E-state index contributed by atoms with van der Waals surface area (Å²) in [6.07, 6.45) is 0.973. The number of carbonyl (C=O) groups is 2. The van der Waals surface area contributed by atoms with Crippen LogP contribution in [0.1, 0.15) is 24.5 Å². The second-order valence-corrected chi connectivity index (χ2v) is 5.66. The third-order valence-electron chi connectivity index (χ3n) is 3.76. The second kappa shape index (κ2) is 10.1. The molecular weight excluding hydrogens is 332 g/mol. The topological polar surface area (TPSA) is 76.7 Å². The lowest BCUT2D eigenvalue weighted by Crippen LogP contribution is -2.42. The van der Waals surface area contributed by atoms with Crippen molar-refractivity contribution in [3.8, 4) is 11.5 Å². The largest absolute Gasteiger partial charge is 0.497 e. The van der Waals surface area contributed by atoms with Crippen LogP contribution in [-0.4, -0.2) is 25.5 Å². The zero-order valence-electron chi connectivity index (χ0n) is 15.1. The summed E-state index contributed by atoms with van der Waals surface area (Å²) in [5.74, 6) is 0.985. The first-order chi connectivity index (χ1) is 12.6. The summed E-state index contributed by atoms with van der Waals surface area (Å²) in [6, 6.07) is 14.8. The molecule has 0 aliphatic carbocycles. The molecule has 0 saturated heterocycles. The Morgan fingerprint density at radius 3 is 2.35 bits per heavy atom. The van der Waals surface area contributed by atoms with Crippen LogP contribution in [-0.2, 0) is 22.4 Å². The highest BCUT2D eigenvalue weighted by atomic mass is 16.5. The number of hydrogen-bond acceptors (Lipinski definition) is 4. The molecule has 0 unspecified atom stereocenters. The minimum absolute atomic E-state index is 0.178. The molecule has 2 amide bonds. The number of amides is 2. The summed E-state index contributed by atoms with van der Waals surface area (Å²) < 4.78 is 10.6. The molecule has 2 aromatic carbocycles. The fourth-order valence-electron chi connectivity index (χ4n) is 2.43. The van der Waals surface area contributed by atoms with E-state index in [4.69, 9.17) is 9.47 Å². The average Bonchev–Trinajstić information content (AvgIpc) is 2.66. The third-order valence-corrected chi connectivity index (χ3v) is 3.76. The number of benzene rings is 2. The van der Waals surface area contributed by atoms with Gasteiger partial charge in [0.15, 0.2) is 0 Å². The SMILES string of the molecule is CCOc1ccccc1CCC(=O)NNC(=O)Cc1ccc(OC)cc1. The summed E-state index contributed by atoms with van der Waals surface area (Å²) in [6.45, 7) is 2.49. The van der Waals surface area contributed by atoms with E-state index in [1.807, 2.05) is 43.3 Å². The number of rotatable bonds is 8. The molecule has 2 rings (SSSR count). The number of para-hydroxylation sites is 1. The molecule has 0 aromatic heterocycles. The Labute approximate surface area is 153 Å². The Morgan fingerprint density at radius 1 is 0.962 bits per heavy atom. The van der Waals surface area contributed by atoms with Crippen molar-refractivity contribution in [2.75, 3.05) is 13.7 Å². The highest BCUT2D eigenvalue weighted by molar-refractivity contribution is 5.83. The van der Waals surface area contributed by atoms with Crippen LogP contribution in [0.4, 0.5) is 0 Å². The molecule has 26 heavy (non-hydrogen) atoms. The van der Waals surface area contributed by atoms with Crippen molar-refractivity contribution in [3.63, 3.8) is 0 Å². The average molecular weight is 356 g/mol. The van der Waals surface area contributed by atoms with Crippen LogP contribution < -0.4 is 20.3 Å². The standard InChI is InChI=1S/C20H24N2O4/c1-3-26-18-7-5-4-6-16(18)10-13-19(23)21-22-20(24)14-15-8-11-17(25-2)12-9-15/h4-9,11-12H,3,10,13-14H2,1-2H3,(H,21,23)(H,22,24). The minimum Gasteiger partial charge on any atom is -0.497 e. The van der Waals surface area contributed by atoms with Crippen molar-refractivity contribution >= 4 is 11.8 Å². The van der Waals surface area contributed by atoms with Crippen LogP contribution in [0.15, 0.2) is 48.5 Å². The maximum atomic E-state index is 11.9. The van der Waals surface area contributed by atoms with E-state index in [0.717, 1.165) is 22.6 Å². The number of ether oxygens (including phenoxy) is 2. The van der Waals surface area contributed by atoms with Gasteiger partial charge in [-0.1, -0.05) is 30.3 Å². The van der Waals surface area contributed by atoms with Crippen LogP contribution >= 0.6 is 0 Å². The van der Waals surface area contributed by atoms with Gasteiger partial charge < -0.3 is 9.47 Å². The Hall–Kier alpha value is -3.02. The van der Waals surface area contributed by atoms with Gasteiger partial charge in [-0.15, -0.1) is 0 Å². The van der Waals surface area contributed by atoms with Crippen LogP contribution in [0.5, 0.6) is 11.5 Å². The van der Waals surface area contributed by atoms with Crippen molar-refractivity contribution < 1.29 is 19.1 Å². The van der Waals surface area contributed by atoms with Crippen molar-refractivity contribution in [2.45, 2.75) is 26.2 Å². The molecule has 2 N–H and O–H groups in total. The highest BCUT2D eigenvalue weighted by Gasteiger charge is 2.08. The highest BCUT2D eigenvalue weighted by Crippen LogP contribution is 2.19. The molecule has 0 aliphatic rings. The summed E-state index contributed by atoms with van der Waals surface area (Å²) in [7, 11) is 1.59. The maximum Gasteiger partial charge on any atom is 0.242 e. The van der Waals surface area contributed by atoms with E-state index in [9.17, 15) is 9.59 Å². The Balaban J connectivity index is 1.75. The first-order valence-corrected chi connectivity index (χ1v) is 8.53. The molecule has 0 atom stereocenters. The van der Waals surface area contributed by atoms with Gasteiger partial charge in [0.2, 0.25) is 11.8 Å². The van der Waals surface area contributed by atoms with E-state index in [1.54, 1.807) is 19.2 Å². The van der Waals surface area contributed by atoms with E-state index < -0.39 is 0 Å². The molecule has 0 fully saturated rings. The minimum atomic E-state index is -0.279. The van der Waals surface area contributed by atoms with Crippen LogP contribution in [0.3, 0.4) is 0 Å². The summed E-state index contributed by atoms with van der Waals surface area (Å²) in [4.78, 5) is 23.9.